The molecule has 1 fully saturated rings. The maximum absolute atomic E-state index is 13.3. The molecule has 1 aliphatic rings. The zero-order valence-electron chi connectivity index (χ0n) is 11.0. The van der Waals surface area contributed by atoms with E-state index in [1.54, 1.807) is 0 Å². The molecule has 1 aliphatic heterocycles. The molecule has 1 saturated heterocycles. The van der Waals surface area contributed by atoms with Crippen molar-refractivity contribution in [1.82, 2.24) is 4.90 Å². The molecule has 0 saturated carbocycles. The molecule has 2 rings (SSSR count). The zero-order valence-corrected chi connectivity index (χ0v) is 11.0. The Labute approximate surface area is 109 Å². The van der Waals surface area contributed by atoms with Gasteiger partial charge in [-0.25, -0.2) is 4.39 Å². The van der Waals surface area contributed by atoms with E-state index in [0.717, 1.165) is 32.6 Å². The van der Waals surface area contributed by atoms with Gasteiger partial charge in [0.2, 0.25) is 0 Å². The molecule has 0 amide bonds. The minimum Gasteiger partial charge on any atom is -0.381 e. The molecule has 0 aromatic heterocycles. The maximum Gasteiger partial charge on any atom is 0.105 e. The highest BCUT2D eigenvalue weighted by Gasteiger charge is 2.27. The van der Waals surface area contributed by atoms with Gasteiger partial charge in [0.25, 0.3) is 0 Å². The lowest BCUT2D eigenvalue weighted by atomic mass is 9.91. The van der Waals surface area contributed by atoms with Gasteiger partial charge < -0.3 is 4.74 Å². The number of ether oxygens (including phenoxy) is 1. The summed E-state index contributed by atoms with van der Waals surface area (Å²) in [5.41, 5.74) is 1.24. The zero-order chi connectivity index (χ0) is 12.8. The number of halogens is 1. The van der Waals surface area contributed by atoms with Crippen LogP contribution in [0.2, 0.25) is 0 Å². The molecule has 0 aliphatic carbocycles. The van der Waals surface area contributed by atoms with E-state index in [2.05, 4.69) is 17.0 Å². The summed E-state index contributed by atoms with van der Waals surface area (Å²) in [5.74, 6) is 0.428. The van der Waals surface area contributed by atoms with Crippen molar-refractivity contribution in [2.75, 3.05) is 26.9 Å². The van der Waals surface area contributed by atoms with Crippen LogP contribution in [0.15, 0.2) is 30.3 Å². The maximum atomic E-state index is 13.3. The second-order valence-electron chi connectivity index (χ2n) is 5.07. The van der Waals surface area contributed by atoms with Gasteiger partial charge in [-0.15, -0.1) is 0 Å². The normalized spacial score (nSPS) is 19.1. The van der Waals surface area contributed by atoms with Gasteiger partial charge in [0.1, 0.15) is 6.67 Å². The van der Waals surface area contributed by atoms with E-state index in [1.807, 2.05) is 25.2 Å². The Hall–Kier alpha value is -0.930. The summed E-state index contributed by atoms with van der Waals surface area (Å²) < 4.78 is 18.7. The highest BCUT2D eigenvalue weighted by atomic mass is 19.1. The Balaban J connectivity index is 1.94. The van der Waals surface area contributed by atoms with Crippen molar-refractivity contribution < 1.29 is 9.13 Å². The van der Waals surface area contributed by atoms with Gasteiger partial charge in [0.15, 0.2) is 0 Å². The lowest BCUT2D eigenvalue weighted by Gasteiger charge is -2.35. The van der Waals surface area contributed by atoms with E-state index in [-0.39, 0.29) is 12.7 Å². The summed E-state index contributed by atoms with van der Waals surface area (Å²) in [6.07, 6.45) is 1.96. The minimum absolute atomic E-state index is 0.0223. The summed E-state index contributed by atoms with van der Waals surface area (Å²) in [5, 5.41) is 0. The second kappa shape index (κ2) is 6.86. The van der Waals surface area contributed by atoms with E-state index in [0.29, 0.717) is 5.92 Å². The summed E-state index contributed by atoms with van der Waals surface area (Å²) >= 11 is 0. The van der Waals surface area contributed by atoms with Crippen LogP contribution in [0, 0.1) is 5.92 Å². The van der Waals surface area contributed by atoms with Crippen LogP contribution < -0.4 is 0 Å². The predicted octanol–water partition coefficient (Wildman–Crippen LogP) is 2.88. The summed E-state index contributed by atoms with van der Waals surface area (Å²) in [6.45, 7) is 2.10. The van der Waals surface area contributed by atoms with Crippen LogP contribution in [0.3, 0.4) is 0 Å². The van der Waals surface area contributed by atoms with Gasteiger partial charge in [0, 0.05) is 25.8 Å². The number of hydrogen-bond acceptors (Lipinski definition) is 2. The van der Waals surface area contributed by atoms with Gasteiger partial charge in [0.05, 0.1) is 0 Å². The fourth-order valence-corrected chi connectivity index (χ4v) is 2.69. The predicted molar refractivity (Wildman–Crippen MR) is 71.2 cm³/mol. The molecular weight excluding hydrogens is 229 g/mol. The van der Waals surface area contributed by atoms with Gasteiger partial charge >= 0.3 is 0 Å². The average molecular weight is 251 g/mol. The number of hydrogen-bond donors (Lipinski definition) is 0. The van der Waals surface area contributed by atoms with Crippen molar-refractivity contribution in [1.29, 1.82) is 0 Å². The van der Waals surface area contributed by atoms with Gasteiger partial charge in [-0.1, -0.05) is 30.3 Å². The smallest absolute Gasteiger partial charge is 0.105 e. The Bertz CT molecular complexity index is 338. The first kappa shape index (κ1) is 13.5. The average Bonchev–Trinajstić information content (AvgIpc) is 2.42. The lowest BCUT2D eigenvalue weighted by molar-refractivity contribution is 0.0231. The van der Waals surface area contributed by atoms with Crippen molar-refractivity contribution in [2.24, 2.45) is 5.92 Å². The fourth-order valence-electron chi connectivity index (χ4n) is 2.69. The third-order valence-electron chi connectivity index (χ3n) is 3.81. The molecule has 1 atom stereocenters. The Kier molecular flexibility index (Phi) is 5.14. The highest BCUT2D eigenvalue weighted by molar-refractivity contribution is 5.14. The Morgan fingerprint density at radius 3 is 2.56 bits per heavy atom. The topological polar surface area (TPSA) is 12.5 Å². The molecular formula is C15H22FNO. The highest BCUT2D eigenvalue weighted by Crippen LogP contribution is 2.23. The van der Waals surface area contributed by atoms with Crippen LogP contribution in [0.1, 0.15) is 18.4 Å². The second-order valence-corrected chi connectivity index (χ2v) is 5.07. The van der Waals surface area contributed by atoms with Gasteiger partial charge in [-0.05, 0) is 31.4 Å². The number of alkyl halides is 1. The quantitative estimate of drug-likeness (QED) is 0.798. The van der Waals surface area contributed by atoms with Crippen LogP contribution in [0.5, 0.6) is 0 Å². The number of benzene rings is 1. The van der Waals surface area contributed by atoms with Crippen molar-refractivity contribution >= 4 is 0 Å². The number of rotatable bonds is 5. The summed E-state index contributed by atoms with van der Waals surface area (Å²) in [7, 11) is 2.02. The van der Waals surface area contributed by atoms with Crippen molar-refractivity contribution in [3.8, 4) is 0 Å². The SMILES string of the molecule is CN(Cc1ccccc1)C(CF)C1CCOCC1. The fraction of sp³-hybridized carbons (Fsp3) is 0.600. The molecule has 0 spiro atoms. The summed E-state index contributed by atoms with van der Waals surface area (Å²) in [6, 6.07) is 10.3. The van der Waals surface area contributed by atoms with E-state index >= 15 is 0 Å². The first-order valence-corrected chi connectivity index (χ1v) is 6.69. The molecule has 1 unspecified atom stereocenters. The molecule has 1 aromatic rings. The third kappa shape index (κ3) is 3.53. The monoisotopic (exact) mass is 251 g/mol. The van der Waals surface area contributed by atoms with Crippen molar-refractivity contribution in [3.63, 3.8) is 0 Å². The Morgan fingerprint density at radius 1 is 1.28 bits per heavy atom. The summed E-state index contributed by atoms with van der Waals surface area (Å²) in [4.78, 5) is 2.14. The molecule has 1 heterocycles. The molecule has 18 heavy (non-hydrogen) atoms. The molecule has 1 aromatic carbocycles. The molecule has 100 valence electrons. The van der Waals surface area contributed by atoms with Crippen LogP contribution >= 0.6 is 0 Å². The standard InChI is InChI=1S/C15H22FNO/c1-17(12-13-5-3-2-4-6-13)15(11-16)14-7-9-18-10-8-14/h2-6,14-15H,7-12H2,1H3. The van der Waals surface area contributed by atoms with Crippen LogP contribution in [-0.2, 0) is 11.3 Å². The molecule has 0 N–H and O–H groups in total. The van der Waals surface area contributed by atoms with E-state index in [4.69, 9.17) is 4.74 Å². The first-order valence-electron chi connectivity index (χ1n) is 6.69. The third-order valence-corrected chi connectivity index (χ3v) is 3.81. The van der Waals surface area contributed by atoms with Crippen molar-refractivity contribution in [2.45, 2.75) is 25.4 Å². The van der Waals surface area contributed by atoms with E-state index in [1.165, 1.54) is 5.56 Å². The van der Waals surface area contributed by atoms with E-state index < -0.39 is 0 Å². The first-order chi connectivity index (χ1) is 8.81. The van der Waals surface area contributed by atoms with E-state index in [9.17, 15) is 4.39 Å². The lowest BCUT2D eigenvalue weighted by Crippen LogP contribution is -2.41. The minimum atomic E-state index is -0.270. The largest absolute Gasteiger partial charge is 0.381 e. The van der Waals surface area contributed by atoms with Crippen LogP contribution in [0.25, 0.3) is 0 Å². The Morgan fingerprint density at radius 2 is 1.94 bits per heavy atom. The van der Waals surface area contributed by atoms with Gasteiger partial charge in [-0.2, -0.15) is 0 Å². The molecule has 0 bridgehead atoms. The number of nitrogens with zero attached hydrogens (tertiary/aromatic N) is 1. The van der Waals surface area contributed by atoms with Crippen LogP contribution in [0.4, 0.5) is 4.39 Å². The van der Waals surface area contributed by atoms with Crippen LogP contribution in [-0.4, -0.2) is 37.9 Å². The van der Waals surface area contributed by atoms with Gasteiger partial charge in [-0.3, -0.25) is 4.90 Å². The molecule has 0 radical (unpaired) electrons. The molecule has 2 nitrogen and oxygen atoms in total. The van der Waals surface area contributed by atoms with Crippen molar-refractivity contribution in [3.05, 3.63) is 35.9 Å². The molecule has 3 heteroatoms.